The topological polar surface area (TPSA) is 29.5 Å². The number of unbranched alkanes of at least 4 members (excludes halogenated alkanes) is 1. The number of rotatable bonds is 13. The van der Waals surface area contributed by atoms with Crippen molar-refractivity contribution in [3.63, 3.8) is 0 Å². The van der Waals surface area contributed by atoms with E-state index in [4.69, 9.17) is 4.74 Å². The zero-order chi connectivity index (χ0) is 32.0. The van der Waals surface area contributed by atoms with E-state index >= 15 is 0 Å². The largest absolute Gasteiger partial charge is 0.494 e. The zero-order valence-electron chi connectivity index (χ0n) is 19.9. The van der Waals surface area contributed by atoms with Gasteiger partial charge in [0.15, 0.2) is 0 Å². The van der Waals surface area contributed by atoms with Crippen molar-refractivity contribution >= 4 is 0 Å². The van der Waals surface area contributed by atoms with Crippen molar-refractivity contribution in [1.82, 2.24) is 0 Å². The van der Waals surface area contributed by atoms with Gasteiger partial charge in [0, 0.05) is 0 Å². The van der Waals surface area contributed by atoms with Gasteiger partial charge in [0.1, 0.15) is 5.75 Å². The molecule has 1 aromatic carbocycles. The van der Waals surface area contributed by atoms with E-state index in [1.54, 1.807) is 6.92 Å². The average Bonchev–Trinajstić information content (AvgIpc) is 2.77. The second kappa shape index (κ2) is 10.6. The van der Waals surface area contributed by atoms with E-state index < -0.39 is 65.2 Å². The Balaban J connectivity index is 3.47. The summed E-state index contributed by atoms with van der Waals surface area (Å²) in [6.07, 6.45) is -9.59. The van der Waals surface area contributed by atoms with Gasteiger partial charge in [-0.15, -0.1) is 0 Å². The molecule has 40 heavy (non-hydrogen) atoms. The molecule has 234 valence electrons. The van der Waals surface area contributed by atoms with E-state index in [-0.39, 0.29) is 19.3 Å². The van der Waals surface area contributed by atoms with Crippen LogP contribution in [-0.4, -0.2) is 59.3 Å². The predicted molar refractivity (Wildman–Crippen MR) is 102 cm³/mol. The lowest BCUT2D eigenvalue weighted by Gasteiger charge is -2.43. The van der Waals surface area contributed by atoms with Gasteiger partial charge in [-0.2, -0.15) is 74.6 Å². The van der Waals surface area contributed by atoms with Crippen LogP contribution in [0.1, 0.15) is 38.7 Å². The van der Waals surface area contributed by atoms with Crippen LogP contribution in [0.3, 0.4) is 0 Å². The van der Waals surface area contributed by atoms with Gasteiger partial charge < -0.3 is 9.84 Å². The highest BCUT2D eigenvalue weighted by Crippen LogP contribution is 2.64. The standard InChI is InChI=1S/C21H19F17O2/c1-3-4-9-40-12-7-5-11(6-8-12)13(2,39)10-14(22,23)15(24,25)16(26,27)17(28,29)18(30,31)19(32,33)20(34,35)21(36,37)38/h5-8,39H,3-4,9-10H2,1-2H3. The Morgan fingerprint density at radius 2 is 0.975 bits per heavy atom. The van der Waals surface area contributed by atoms with Crippen molar-refractivity contribution in [2.24, 2.45) is 0 Å². The summed E-state index contributed by atoms with van der Waals surface area (Å²) in [7, 11) is 0. The lowest BCUT2D eigenvalue weighted by molar-refractivity contribution is -0.462. The zero-order valence-corrected chi connectivity index (χ0v) is 19.9. The SMILES string of the molecule is CCCCOc1ccc(C(C)(O)CC(F)(F)C(F)(F)C(F)(F)C(F)(F)C(F)(F)C(F)(F)C(F)(F)C(F)(F)F)cc1. The van der Waals surface area contributed by atoms with Crippen LogP contribution in [0.4, 0.5) is 74.6 Å². The summed E-state index contributed by atoms with van der Waals surface area (Å²) in [5.41, 5.74) is -4.15. The molecule has 0 spiro atoms. The minimum Gasteiger partial charge on any atom is -0.494 e. The number of benzene rings is 1. The summed E-state index contributed by atoms with van der Waals surface area (Å²) in [5.74, 6) is -57.1. The molecule has 0 aliphatic heterocycles. The van der Waals surface area contributed by atoms with E-state index in [0.717, 1.165) is 24.3 Å². The van der Waals surface area contributed by atoms with E-state index in [0.29, 0.717) is 12.8 Å². The molecule has 0 aliphatic carbocycles. The summed E-state index contributed by atoms with van der Waals surface area (Å²) in [4.78, 5) is 0. The average molecular weight is 626 g/mol. The molecule has 2 nitrogen and oxygen atoms in total. The lowest BCUT2D eigenvalue weighted by atomic mass is 9.83. The molecular weight excluding hydrogens is 607 g/mol. The van der Waals surface area contributed by atoms with Crippen molar-refractivity contribution in [1.29, 1.82) is 0 Å². The molecule has 0 fully saturated rings. The molecule has 0 radical (unpaired) electrons. The van der Waals surface area contributed by atoms with E-state index in [2.05, 4.69) is 0 Å². The maximum Gasteiger partial charge on any atom is 0.460 e. The summed E-state index contributed by atoms with van der Waals surface area (Å²) >= 11 is 0. The normalized spacial score (nSPS) is 16.6. The highest BCUT2D eigenvalue weighted by molar-refractivity contribution is 5.31. The van der Waals surface area contributed by atoms with Crippen LogP contribution in [-0.2, 0) is 5.60 Å². The third kappa shape index (κ3) is 5.62. The van der Waals surface area contributed by atoms with Gasteiger partial charge in [-0.1, -0.05) is 25.5 Å². The maximum absolute atomic E-state index is 14.3. The van der Waals surface area contributed by atoms with Gasteiger partial charge in [0.2, 0.25) is 0 Å². The lowest BCUT2D eigenvalue weighted by Crippen LogP contribution is -2.74. The number of hydrogen-bond donors (Lipinski definition) is 1. The first-order valence-electron chi connectivity index (χ1n) is 10.7. The minimum absolute atomic E-state index is 0.0232. The molecule has 1 N–H and O–H groups in total. The molecule has 0 saturated carbocycles. The fraction of sp³-hybridized carbons (Fsp3) is 0.714. The summed E-state index contributed by atoms with van der Waals surface area (Å²) in [6.45, 7) is 2.16. The molecule has 0 aliphatic rings. The van der Waals surface area contributed by atoms with Crippen LogP contribution >= 0.6 is 0 Å². The van der Waals surface area contributed by atoms with Crippen molar-refractivity contribution in [3.05, 3.63) is 29.8 Å². The molecule has 0 saturated heterocycles. The molecule has 0 heterocycles. The van der Waals surface area contributed by atoms with Crippen LogP contribution in [0.2, 0.25) is 0 Å². The summed E-state index contributed by atoms with van der Waals surface area (Å²) < 4.78 is 233. The van der Waals surface area contributed by atoms with Crippen LogP contribution in [0.15, 0.2) is 24.3 Å². The van der Waals surface area contributed by atoms with Crippen LogP contribution < -0.4 is 4.74 Å². The van der Waals surface area contributed by atoms with Gasteiger partial charge in [-0.3, -0.25) is 0 Å². The molecule has 1 atom stereocenters. The highest BCUT2D eigenvalue weighted by Gasteiger charge is 2.95. The molecule has 0 amide bonds. The molecule has 1 aromatic rings. The minimum atomic E-state index is -8.70. The van der Waals surface area contributed by atoms with Gasteiger partial charge in [0.25, 0.3) is 0 Å². The van der Waals surface area contributed by atoms with Gasteiger partial charge >= 0.3 is 47.6 Å². The molecule has 0 bridgehead atoms. The van der Waals surface area contributed by atoms with Crippen molar-refractivity contribution in [3.8, 4) is 5.75 Å². The molecule has 19 heteroatoms. The first kappa shape index (κ1) is 35.8. The molecule has 1 rings (SSSR count). The first-order chi connectivity index (χ1) is 17.5. The molecular formula is C21H19F17O2. The Kier molecular flexibility index (Phi) is 9.46. The van der Waals surface area contributed by atoms with Crippen molar-refractivity contribution in [2.75, 3.05) is 6.61 Å². The monoisotopic (exact) mass is 626 g/mol. The van der Waals surface area contributed by atoms with Crippen LogP contribution in [0.5, 0.6) is 5.75 Å². The van der Waals surface area contributed by atoms with E-state index in [1.165, 1.54) is 0 Å². The third-order valence-corrected chi connectivity index (χ3v) is 5.60. The van der Waals surface area contributed by atoms with Gasteiger partial charge in [-0.05, 0) is 31.0 Å². The number of hydrogen-bond acceptors (Lipinski definition) is 2. The number of halogens is 17. The summed E-state index contributed by atoms with van der Waals surface area (Å²) in [5, 5.41) is 10.2. The number of ether oxygens (including phenoxy) is 1. The second-order valence-corrected chi connectivity index (χ2v) is 8.83. The predicted octanol–water partition coefficient (Wildman–Crippen LogP) is 8.47. The van der Waals surface area contributed by atoms with E-state index in [9.17, 15) is 79.7 Å². The van der Waals surface area contributed by atoms with Crippen LogP contribution in [0, 0.1) is 0 Å². The third-order valence-electron chi connectivity index (χ3n) is 5.60. The van der Waals surface area contributed by atoms with E-state index in [1.807, 2.05) is 0 Å². The Bertz CT molecular complexity index is 997. The quantitative estimate of drug-likeness (QED) is 0.176. The van der Waals surface area contributed by atoms with Gasteiger partial charge in [-0.25, -0.2) is 0 Å². The van der Waals surface area contributed by atoms with Crippen LogP contribution in [0.25, 0.3) is 0 Å². The number of aliphatic hydroxyl groups is 1. The fourth-order valence-corrected chi connectivity index (χ4v) is 3.09. The Morgan fingerprint density at radius 1 is 0.600 bits per heavy atom. The first-order valence-corrected chi connectivity index (χ1v) is 10.7. The van der Waals surface area contributed by atoms with Crippen molar-refractivity contribution in [2.45, 2.75) is 86.3 Å². The maximum atomic E-state index is 14.3. The Labute approximate surface area is 214 Å². The van der Waals surface area contributed by atoms with Gasteiger partial charge in [0.05, 0.1) is 18.6 Å². The Morgan fingerprint density at radius 3 is 1.35 bits per heavy atom. The molecule has 0 aromatic heterocycles. The highest BCUT2D eigenvalue weighted by atomic mass is 19.4. The molecule has 1 unspecified atom stereocenters. The van der Waals surface area contributed by atoms with Crippen molar-refractivity contribution < 1.29 is 84.5 Å². The fourth-order valence-electron chi connectivity index (χ4n) is 3.09. The number of alkyl halides is 17. The second-order valence-electron chi connectivity index (χ2n) is 8.83. The Hall–Kier alpha value is -2.21. The smallest absolute Gasteiger partial charge is 0.460 e. The summed E-state index contributed by atoms with van der Waals surface area (Å²) in [6, 6.07) is 3.36.